The third-order valence-corrected chi connectivity index (χ3v) is 2.72. The van der Waals surface area contributed by atoms with Crippen LogP contribution in [0.5, 0.6) is 0 Å². The van der Waals surface area contributed by atoms with E-state index in [1.54, 1.807) is 10.8 Å². The van der Waals surface area contributed by atoms with Gasteiger partial charge in [-0.2, -0.15) is 4.98 Å². The molecule has 18 heavy (non-hydrogen) atoms. The van der Waals surface area contributed by atoms with Crippen molar-refractivity contribution in [3.63, 3.8) is 0 Å². The average molecular weight is 243 g/mol. The van der Waals surface area contributed by atoms with Gasteiger partial charge in [-0.1, -0.05) is 6.07 Å². The van der Waals surface area contributed by atoms with E-state index in [0.717, 1.165) is 11.5 Å². The Bertz CT molecular complexity index is 636. The summed E-state index contributed by atoms with van der Waals surface area (Å²) in [4.78, 5) is 4.38. The van der Waals surface area contributed by atoms with Crippen LogP contribution in [-0.2, 0) is 7.05 Å². The maximum atomic E-state index is 4.38. The summed E-state index contributed by atoms with van der Waals surface area (Å²) in [5.74, 6) is 1.42. The van der Waals surface area contributed by atoms with E-state index in [0.29, 0.717) is 5.95 Å². The molecule has 3 aromatic heterocycles. The van der Waals surface area contributed by atoms with E-state index in [-0.39, 0.29) is 6.04 Å². The minimum Gasteiger partial charge on any atom is -0.343 e. The Labute approximate surface area is 103 Å². The van der Waals surface area contributed by atoms with Crippen LogP contribution in [-0.4, -0.2) is 29.4 Å². The van der Waals surface area contributed by atoms with Gasteiger partial charge in [0.2, 0.25) is 5.95 Å². The lowest BCUT2D eigenvalue weighted by atomic mass is 10.3. The molecule has 7 heteroatoms. The standard InChI is InChI=1S/C11H13N7/c1-8(10-15-12-7-17(10)2)13-11-14-9-5-3-4-6-18(9)16-11/h3-8H,1-2H3,(H,13,16). The molecule has 0 amide bonds. The highest BCUT2D eigenvalue weighted by molar-refractivity contribution is 5.43. The van der Waals surface area contributed by atoms with E-state index in [1.165, 1.54) is 0 Å². The molecule has 92 valence electrons. The molecule has 0 saturated heterocycles. The first-order chi connectivity index (χ1) is 8.74. The Balaban J connectivity index is 1.86. The SMILES string of the molecule is CC(Nc1nc2ccccn2n1)c1nncn1C. The molecule has 0 spiro atoms. The number of pyridine rings is 1. The molecule has 1 unspecified atom stereocenters. The number of fused-ring (bicyclic) bond motifs is 1. The second-order valence-electron chi connectivity index (χ2n) is 4.10. The second-order valence-corrected chi connectivity index (χ2v) is 4.10. The minimum atomic E-state index is -0.00471. The Morgan fingerprint density at radius 3 is 2.94 bits per heavy atom. The van der Waals surface area contributed by atoms with Gasteiger partial charge in [0.05, 0.1) is 6.04 Å². The van der Waals surface area contributed by atoms with Crippen LogP contribution in [0.15, 0.2) is 30.7 Å². The van der Waals surface area contributed by atoms with E-state index in [9.17, 15) is 0 Å². The predicted octanol–water partition coefficient (Wildman–Crippen LogP) is 1.03. The number of hydrogen-bond acceptors (Lipinski definition) is 5. The van der Waals surface area contributed by atoms with Crippen LogP contribution < -0.4 is 5.32 Å². The van der Waals surface area contributed by atoms with Gasteiger partial charge in [0.15, 0.2) is 11.5 Å². The van der Waals surface area contributed by atoms with E-state index < -0.39 is 0 Å². The van der Waals surface area contributed by atoms with Crippen molar-refractivity contribution in [2.75, 3.05) is 5.32 Å². The normalized spacial score (nSPS) is 12.8. The third-order valence-electron chi connectivity index (χ3n) is 2.72. The lowest BCUT2D eigenvalue weighted by Gasteiger charge is -2.10. The second kappa shape index (κ2) is 4.10. The molecular weight excluding hydrogens is 230 g/mol. The molecule has 1 atom stereocenters. The van der Waals surface area contributed by atoms with Gasteiger partial charge in [-0.15, -0.1) is 15.3 Å². The van der Waals surface area contributed by atoms with Crippen molar-refractivity contribution in [3.05, 3.63) is 36.5 Å². The summed E-state index contributed by atoms with van der Waals surface area (Å²) in [5, 5.41) is 15.4. The summed E-state index contributed by atoms with van der Waals surface area (Å²) >= 11 is 0. The zero-order valence-electron chi connectivity index (χ0n) is 10.1. The summed E-state index contributed by atoms with van der Waals surface area (Å²) in [5.41, 5.74) is 0.810. The van der Waals surface area contributed by atoms with Crippen LogP contribution >= 0.6 is 0 Å². The highest BCUT2D eigenvalue weighted by Crippen LogP contribution is 2.14. The number of rotatable bonds is 3. The molecule has 0 bridgehead atoms. The molecule has 7 nitrogen and oxygen atoms in total. The number of hydrogen-bond donors (Lipinski definition) is 1. The van der Waals surface area contributed by atoms with Crippen LogP contribution in [0.1, 0.15) is 18.8 Å². The van der Waals surface area contributed by atoms with Crippen LogP contribution in [0, 0.1) is 0 Å². The molecule has 0 saturated carbocycles. The summed E-state index contributed by atoms with van der Waals surface area (Å²) < 4.78 is 3.60. The van der Waals surface area contributed by atoms with Gasteiger partial charge in [-0.05, 0) is 19.1 Å². The molecule has 0 aromatic carbocycles. The molecule has 0 fully saturated rings. The van der Waals surface area contributed by atoms with Crippen molar-refractivity contribution in [1.82, 2.24) is 29.4 Å². The first-order valence-electron chi connectivity index (χ1n) is 5.66. The minimum absolute atomic E-state index is 0.00471. The number of aryl methyl sites for hydroxylation is 1. The number of nitrogens with one attached hydrogen (secondary N) is 1. The molecule has 1 N–H and O–H groups in total. The van der Waals surface area contributed by atoms with Crippen molar-refractivity contribution >= 4 is 11.6 Å². The lowest BCUT2D eigenvalue weighted by Crippen LogP contribution is -2.12. The Kier molecular flexibility index (Phi) is 2.44. The fraction of sp³-hybridized carbons (Fsp3) is 0.273. The molecule has 0 aliphatic carbocycles. The van der Waals surface area contributed by atoms with Crippen molar-refractivity contribution in [1.29, 1.82) is 0 Å². The maximum absolute atomic E-state index is 4.38. The van der Waals surface area contributed by atoms with Crippen LogP contribution in [0.25, 0.3) is 5.65 Å². The van der Waals surface area contributed by atoms with Crippen molar-refractivity contribution in [2.24, 2.45) is 7.05 Å². The van der Waals surface area contributed by atoms with Gasteiger partial charge < -0.3 is 9.88 Å². The van der Waals surface area contributed by atoms with Gasteiger partial charge >= 0.3 is 0 Å². The van der Waals surface area contributed by atoms with Crippen molar-refractivity contribution < 1.29 is 0 Å². The van der Waals surface area contributed by atoms with Crippen LogP contribution in [0.2, 0.25) is 0 Å². The van der Waals surface area contributed by atoms with E-state index in [2.05, 4.69) is 25.6 Å². The first-order valence-corrected chi connectivity index (χ1v) is 5.66. The van der Waals surface area contributed by atoms with Crippen molar-refractivity contribution in [2.45, 2.75) is 13.0 Å². The monoisotopic (exact) mass is 243 g/mol. The fourth-order valence-corrected chi connectivity index (χ4v) is 1.84. The fourth-order valence-electron chi connectivity index (χ4n) is 1.84. The molecule has 0 aliphatic rings. The molecule has 0 aliphatic heterocycles. The zero-order chi connectivity index (χ0) is 12.5. The van der Waals surface area contributed by atoms with E-state index >= 15 is 0 Å². The molecule has 3 aromatic rings. The third kappa shape index (κ3) is 1.79. The molecular formula is C11H13N7. The van der Waals surface area contributed by atoms with Crippen molar-refractivity contribution in [3.8, 4) is 0 Å². The Morgan fingerprint density at radius 2 is 2.22 bits per heavy atom. The van der Waals surface area contributed by atoms with Crippen LogP contribution in [0.3, 0.4) is 0 Å². The first kappa shape index (κ1) is 10.7. The Morgan fingerprint density at radius 1 is 1.33 bits per heavy atom. The topological polar surface area (TPSA) is 72.9 Å². The number of nitrogens with zero attached hydrogens (tertiary/aromatic N) is 6. The zero-order valence-corrected chi connectivity index (χ0v) is 10.1. The van der Waals surface area contributed by atoms with Gasteiger partial charge in [-0.3, -0.25) is 0 Å². The summed E-state index contributed by atoms with van der Waals surface area (Å²) in [6.45, 7) is 2.00. The molecule has 3 heterocycles. The summed E-state index contributed by atoms with van der Waals surface area (Å²) in [6.07, 6.45) is 3.53. The quantitative estimate of drug-likeness (QED) is 0.743. The van der Waals surface area contributed by atoms with Gasteiger partial charge in [0.1, 0.15) is 6.33 Å². The van der Waals surface area contributed by atoms with Gasteiger partial charge in [-0.25, -0.2) is 4.52 Å². The van der Waals surface area contributed by atoms with Gasteiger partial charge in [0, 0.05) is 13.2 Å². The molecule has 3 rings (SSSR count). The highest BCUT2D eigenvalue weighted by Gasteiger charge is 2.13. The maximum Gasteiger partial charge on any atom is 0.243 e. The number of aromatic nitrogens is 6. The smallest absolute Gasteiger partial charge is 0.243 e. The molecule has 0 radical (unpaired) electrons. The predicted molar refractivity (Wildman–Crippen MR) is 66.0 cm³/mol. The largest absolute Gasteiger partial charge is 0.343 e. The Hall–Kier alpha value is -2.44. The number of anilines is 1. The average Bonchev–Trinajstić information content (AvgIpc) is 2.94. The van der Waals surface area contributed by atoms with Gasteiger partial charge in [0.25, 0.3) is 0 Å². The van der Waals surface area contributed by atoms with E-state index in [4.69, 9.17) is 0 Å². The van der Waals surface area contributed by atoms with E-state index in [1.807, 2.05) is 42.9 Å². The summed E-state index contributed by atoms with van der Waals surface area (Å²) in [6, 6.07) is 5.75. The van der Waals surface area contributed by atoms with Crippen LogP contribution in [0.4, 0.5) is 5.95 Å². The summed E-state index contributed by atoms with van der Waals surface area (Å²) in [7, 11) is 1.91. The highest BCUT2D eigenvalue weighted by atomic mass is 15.4. The lowest BCUT2D eigenvalue weighted by molar-refractivity contribution is 0.712.